The van der Waals surface area contributed by atoms with Crippen LogP contribution in [0.25, 0.3) is 0 Å². The number of amidine groups is 1. The van der Waals surface area contributed by atoms with Crippen molar-refractivity contribution in [2.45, 2.75) is 18.9 Å². The summed E-state index contributed by atoms with van der Waals surface area (Å²) in [5.74, 6) is 0.570. The second kappa shape index (κ2) is 8.68. The van der Waals surface area contributed by atoms with E-state index in [2.05, 4.69) is 4.99 Å². The minimum absolute atomic E-state index is 0.225. The molecule has 1 amide bonds. The lowest BCUT2D eigenvalue weighted by Gasteiger charge is -2.19. The first kappa shape index (κ1) is 20.3. The number of para-hydroxylation sites is 1. The summed E-state index contributed by atoms with van der Waals surface area (Å²) in [6, 6.07) is 12.2. The zero-order valence-corrected chi connectivity index (χ0v) is 16.0. The van der Waals surface area contributed by atoms with Crippen molar-refractivity contribution in [1.82, 2.24) is 4.90 Å². The van der Waals surface area contributed by atoms with Crippen LogP contribution in [0.1, 0.15) is 28.4 Å². The van der Waals surface area contributed by atoms with Gasteiger partial charge in [-0.15, -0.1) is 0 Å². The van der Waals surface area contributed by atoms with Gasteiger partial charge in [-0.3, -0.25) is 14.7 Å². The van der Waals surface area contributed by atoms with Gasteiger partial charge in [0.05, 0.1) is 24.3 Å². The molecule has 148 valence electrons. The normalized spacial score (nSPS) is 14.1. The average molecular weight is 408 g/mol. The van der Waals surface area contributed by atoms with Gasteiger partial charge in [0.1, 0.15) is 5.75 Å². The number of carbonyl (C=O) groups is 1. The Kier molecular flexibility index (Phi) is 6.28. The van der Waals surface area contributed by atoms with Gasteiger partial charge in [0, 0.05) is 12.3 Å². The SMILES string of the molecule is CCOc1ccccc1C(=O)N1CCN=C1SCc1cccc(C(F)(F)F)c1. The smallest absolute Gasteiger partial charge is 0.416 e. The Balaban J connectivity index is 1.71. The lowest BCUT2D eigenvalue weighted by atomic mass is 10.1. The lowest BCUT2D eigenvalue weighted by molar-refractivity contribution is -0.137. The lowest BCUT2D eigenvalue weighted by Crippen LogP contribution is -2.33. The van der Waals surface area contributed by atoms with E-state index in [1.807, 2.05) is 6.92 Å². The molecule has 0 aromatic heterocycles. The maximum atomic E-state index is 13.0. The predicted octanol–water partition coefficient (Wildman–Crippen LogP) is 4.85. The van der Waals surface area contributed by atoms with Crippen molar-refractivity contribution in [3.05, 3.63) is 65.2 Å². The molecule has 28 heavy (non-hydrogen) atoms. The Morgan fingerprint density at radius 3 is 2.75 bits per heavy atom. The van der Waals surface area contributed by atoms with E-state index in [0.717, 1.165) is 12.1 Å². The van der Waals surface area contributed by atoms with Crippen molar-refractivity contribution in [2.75, 3.05) is 19.7 Å². The number of alkyl halides is 3. The number of aliphatic imine (C=N–C) groups is 1. The van der Waals surface area contributed by atoms with Crippen LogP contribution >= 0.6 is 11.8 Å². The fourth-order valence-corrected chi connectivity index (χ4v) is 3.78. The fraction of sp³-hybridized carbons (Fsp3) is 0.300. The van der Waals surface area contributed by atoms with Gasteiger partial charge in [-0.25, -0.2) is 0 Å². The first-order chi connectivity index (χ1) is 13.4. The monoisotopic (exact) mass is 408 g/mol. The van der Waals surface area contributed by atoms with Gasteiger partial charge in [0.25, 0.3) is 5.91 Å². The van der Waals surface area contributed by atoms with E-state index in [4.69, 9.17) is 4.74 Å². The Hall–Kier alpha value is -2.48. The molecule has 0 saturated heterocycles. The highest BCUT2D eigenvalue weighted by molar-refractivity contribution is 8.13. The molecule has 0 spiro atoms. The number of hydrogen-bond acceptors (Lipinski definition) is 4. The molecule has 0 N–H and O–H groups in total. The minimum Gasteiger partial charge on any atom is -0.493 e. The first-order valence-electron chi connectivity index (χ1n) is 8.77. The number of ether oxygens (including phenoxy) is 1. The highest BCUT2D eigenvalue weighted by Gasteiger charge is 2.31. The quantitative estimate of drug-likeness (QED) is 0.710. The Bertz CT molecular complexity index is 884. The van der Waals surface area contributed by atoms with Crippen LogP contribution in [0.15, 0.2) is 53.5 Å². The van der Waals surface area contributed by atoms with E-state index in [9.17, 15) is 18.0 Å². The number of thioether (sulfide) groups is 1. The summed E-state index contributed by atoms with van der Waals surface area (Å²) >= 11 is 1.25. The molecule has 1 heterocycles. The van der Waals surface area contributed by atoms with E-state index in [1.54, 1.807) is 35.2 Å². The topological polar surface area (TPSA) is 41.9 Å². The van der Waals surface area contributed by atoms with Gasteiger partial charge in [0.2, 0.25) is 0 Å². The summed E-state index contributed by atoms with van der Waals surface area (Å²) in [6.45, 7) is 3.18. The van der Waals surface area contributed by atoms with Crippen LogP contribution in [0, 0.1) is 0 Å². The van der Waals surface area contributed by atoms with Crippen molar-refractivity contribution >= 4 is 22.8 Å². The predicted molar refractivity (Wildman–Crippen MR) is 104 cm³/mol. The van der Waals surface area contributed by atoms with Gasteiger partial charge in [-0.05, 0) is 30.7 Å². The maximum absolute atomic E-state index is 13.0. The number of benzene rings is 2. The molecule has 0 atom stereocenters. The van der Waals surface area contributed by atoms with Crippen LogP contribution < -0.4 is 4.74 Å². The van der Waals surface area contributed by atoms with Crippen LogP contribution in [-0.2, 0) is 11.9 Å². The van der Waals surface area contributed by atoms with E-state index < -0.39 is 11.7 Å². The molecule has 2 aromatic rings. The highest BCUT2D eigenvalue weighted by atomic mass is 32.2. The molecule has 3 rings (SSSR count). The van der Waals surface area contributed by atoms with E-state index in [0.29, 0.717) is 47.5 Å². The van der Waals surface area contributed by atoms with Crippen LogP contribution in [0.2, 0.25) is 0 Å². The van der Waals surface area contributed by atoms with Crippen molar-refractivity contribution in [3.8, 4) is 5.75 Å². The number of hydrogen-bond donors (Lipinski definition) is 0. The first-order valence-corrected chi connectivity index (χ1v) is 9.75. The van der Waals surface area contributed by atoms with Crippen LogP contribution in [0.3, 0.4) is 0 Å². The minimum atomic E-state index is -4.38. The van der Waals surface area contributed by atoms with Crippen LogP contribution in [-0.4, -0.2) is 35.7 Å². The summed E-state index contributed by atoms with van der Waals surface area (Å²) in [5, 5.41) is 0.508. The van der Waals surface area contributed by atoms with E-state index in [-0.39, 0.29) is 5.91 Å². The molecular weight excluding hydrogens is 389 g/mol. The van der Waals surface area contributed by atoms with Crippen molar-refractivity contribution in [3.63, 3.8) is 0 Å². The maximum Gasteiger partial charge on any atom is 0.416 e. The number of rotatable bonds is 5. The zero-order chi connectivity index (χ0) is 20.1. The number of halogens is 3. The molecule has 0 radical (unpaired) electrons. The van der Waals surface area contributed by atoms with Gasteiger partial charge >= 0.3 is 6.18 Å². The molecule has 8 heteroatoms. The summed E-state index contributed by atoms with van der Waals surface area (Å²) in [4.78, 5) is 18.9. The van der Waals surface area contributed by atoms with Gasteiger partial charge in [-0.2, -0.15) is 13.2 Å². The summed E-state index contributed by atoms with van der Waals surface area (Å²) < 4.78 is 44.1. The second-order valence-electron chi connectivity index (χ2n) is 6.04. The largest absolute Gasteiger partial charge is 0.493 e. The molecular formula is C20H19F3N2O2S. The van der Waals surface area contributed by atoms with E-state index >= 15 is 0 Å². The third-order valence-corrected chi connectivity index (χ3v) is 5.17. The zero-order valence-electron chi connectivity index (χ0n) is 15.2. The Morgan fingerprint density at radius 1 is 1.21 bits per heavy atom. The van der Waals surface area contributed by atoms with Gasteiger partial charge in [-0.1, -0.05) is 42.1 Å². The fourth-order valence-electron chi connectivity index (χ4n) is 2.79. The number of carbonyl (C=O) groups excluding carboxylic acids is 1. The third kappa shape index (κ3) is 4.67. The standard InChI is InChI=1S/C20H19F3N2O2S/c1-2-27-17-9-4-3-8-16(17)18(26)25-11-10-24-19(25)28-13-14-6-5-7-15(12-14)20(21,22)23/h3-9,12H,2,10-11,13H2,1H3. The molecule has 4 nitrogen and oxygen atoms in total. The van der Waals surface area contributed by atoms with Crippen molar-refractivity contribution in [1.29, 1.82) is 0 Å². The van der Waals surface area contributed by atoms with Crippen molar-refractivity contribution in [2.24, 2.45) is 4.99 Å². The summed E-state index contributed by atoms with van der Waals surface area (Å²) in [6.07, 6.45) is -4.38. The van der Waals surface area contributed by atoms with Crippen LogP contribution in [0.4, 0.5) is 13.2 Å². The third-order valence-electron chi connectivity index (χ3n) is 4.09. The molecule has 0 aliphatic carbocycles. The second-order valence-corrected chi connectivity index (χ2v) is 6.98. The molecule has 0 unspecified atom stereocenters. The Labute approximate surface area is 165 Å². The molecule has 1 aliphatic heterocycles. The Morgan fingerprint density at radius 2 is 2.00 bits per heavy atom. The van der Waals surface area contributed by atoms with E-state index in [1.165, 1.54) is 17.8 Å². The molecule has 0 bridgehead atoms. The summed E-state index contributed by atoms with van der Waals surface area (Å²) in [5.41, 5.74) is 0.285. The molecule has 1 aliphatic rings. The number of nitrogens with zero attached hydrogens (tertiary/aromatic N) is 2. The number of amides is 1. The van der Waals surface area contributed by atoms with Gasteiger partial charge in [0.15, 0.2) is 5.17 Å². The molecule has 2 aromatic carbocycles. The highest BCUT2D eigenvalue weighted by Crippen LogP contribution is 2.31. The van der Waals surface area contributed by atoms with Crippen molar-refractivity contribution < 1.29 is 22.7 Å². The molecule has 0 fully saturated rings. The average Bonchev–Trinajstić information content (AvgIpc) is 3.15. The van der Waals surface area contributed by atoms with Gasteiger partial charge < -0.3 is 4.74 Å². The molecule has 0 saturated carbocycles. The van der Waals surface area contributed by atoms with Crippen LogP contribution in [0.5, 0.6) is 5.75 Å². The summed E-state index contributed by atoms with van der Waals surface area (Å²) in [7, 11) is 0.